The summed E-state index contributed by atoms with van der Waals surface area (Å²) in [6.45, 7) is 6.95. The number of benzene rings is 1. The summed E-state index contributed by atoms with van der Waals surface area (Å²) in [5, 5.41) is 26.1. The number of nitro benzene ring substituents is 1. The van der Waals surface area contributed by atoms with Crippen LogP contribution in [0.1, 0.15) is 37.5 Å². The van der Waals surface area contributed by atoms with Gasteiger partial charge < -0.3 is 14.8 Å². The van der Waals surface area contributed by atoms with Crippen molar-refractivity contribution >= 4 is 50.9 Å². The number of nitro groups is 1. The van der Waals surface area contributed by atoms with Crippen molar-refractivity contribution in [2.24, 2.45) is 0 Å². The Morgan fingerprint density at radius 1 is 1.33 bits per heavy atom. The smallest absolute Gasteiger partial charge is 0.348 e. The molecular formula is C24H20N4O6S2. The Labute approximate surface area is 214 Å². The molecule has 0 bridgehead atoms. The van der Waals surface area contributed by atoms with Gasteiger partial charge in [0, 0.05) is 29.3 Å². The molecule has 0 radical (unpaired) electrons. The van der Waals surface area contributed by atoms with E-state index in [9.17, 15) is 25.0 Å². The number of carbonyl (C=O) groups is 2. The first-order chi connectivity index (χ1) is 17.3. The Morgan fingerprint density at radius 2 is 2.11 bits per heavy atom. The Balaban J connectivity index is 1.93. The summed E-state index contributed by atoms with van der Waals surface area (Å²) in [7, 11) is 0. The fraction of sp³-hybridized carbons (Fsp3) is 0.167. The van der Waals surface area contributed by atoms with Gasteiger partial charge in [-0.15, -0.1) is 22.7 Å². The van der Waals surface area contributed by atoms with Crippen molar-refractivity contribution in [2.45, 2.75) is 13.8 Å². The number of nitriles is 1. The Hall–Kier alpha value is -4.34. The van der Waals surface area contributed by atoms with Gasteiger partial charge in [0.05, 0.1) is 22.8 Å². The van der Waals surface area contributed by atoms with Crippen LogP contribution in [-0.4, -0.2) is 35.1 Å². The van der Waals surface area contributed by atoms with E-state index in [1.54, 1.807) is 31.4 Å². The van der Waals surface area contributed by atoms with Crippen molar-refractivity contribution in [3.05, 3.63) is 79.6 Å². The van der Waals surface area contributed by atoms with E-state index in [-0.39, 0.29) is 34.9 Å². The molecule has 2 heterocycles. The molecule has 0 aliphatic carbocycles. The highest BCUT2D eigenvalue weighted by molar-refractivity contribution is 7.18. The van der Waals surface area contributed by atoms with Gasteiger partial charge >= 0.3 is 11.9 Å². The highest BCUT2D eigenvalue weighted by atomic mass is 32.1. The highest BCUT2D eigenvalue weighted by Gasteiger charge is 2.26. The monoisotopic (exact) mass is 524 g/mol. The topological polar surface area (TPSA) is 144 Å². The number of aromatic nitrogens is 1. The minimum Gasteiger partial charge on any atom is -0.462 e. The molecule has 0 aliphatic rings. The third-order valence-corrected chi connectivity index (χ3v) is 6.78. The molecule has 12 heteroatoms. The number of allylic oxidation sites excluding steroid dienone is 1. The van der Waals surface area contributed by atoms with Crippen molar-refractivity contribution in [1.29, 1.82) is 5.26 Å². The van der Waals surface area contributed by atoms with Gasteiger partial charge in [-0.25, -0.2) is 14.6 Å². The molecule has 0 unspecified atom stereocenters. The number of anilines is 1. The number of nitrogens with zero attached hydrogens (tertiary/aromatic N) is 3. The molecule has 1 N–H and O–H groups in total. The number of ether oxygens (including phenoxy) is 2. The summed E-state index contributed by atoms with van der Waals surface area (Å²) >= 11 is 2.18. The average molecular weight is 525 g/mol. The number of carbonyl (C=O) groups excluding carboxylic acids is 2. The summed E-state index contributed by atoms with van der Waals surface area (Å²) in [5.74, 6) is -1.23. The molecule has 0 saturated heterocycles. The molecule has 0 saturated carbocycles. The molecule has 36 heavy (non-hydrogen) atoms. The predicted octanol–water partition coefficient (Wildman–Crippen LogP) is 5.58. The summed E-state index contributed by atoms with van der Waals surface area (Å²) < 4.78 is 10.2. The van der Waals surface area contributed by atoms with Gasteiger partial charge in [-0.05, 0) is 19.4 Å². The minimum atomic E-state index is -0.620. The first-order valence-electron chi connectivity index (χ1n) is 10.5. The second-order valence-electron chi connectivity index (χ2n) is 7.03. The Bertz CT molecular complexity index is 1400. The zero-order valence-corrected chi connectivity index (χ0v) is 20.9. The van der Waals surface area contributed by atoms with Gasteiger partial charge in [0.25, 0.3) is 5.69 Å². The van der Waals surface area contributed by atoms with Gasteiger partial charge in [0.1, 0.15) is 33.1 Å². The maximum absolute atomic E-state index is 12.6. The minimum absolute atomic E-state index is 0.0170. The lowest BCUT2D eigenvalue weighted by molar-refractivity contribution is -0.384. The number of hydrogen-bond donors (Lipinski definition) is 1. The molecule has 3 rings (SSSR count). The molecule has 0 amide bonds. The lowest BCUT2D eigenvalue weighted by Gasteiger charge is -2.05. The quantitative estimate of drug-likeness (QED) is 0.118. The van der Waals surface area contributed by atoms with E-state index in [2.05, 4.69) is 22.9 Å². The number of thiazole rings is 1. The summed E-state index contributed by atoms with van der Waals surface area (Å²) in [6, 6.07) is 8.08. The third kappa shape index (κ3) is 5.83. The summed E-state index contributed by atoms with van der Waals surface area (Å²) in [4.78, 5) is 40.2. The van der Waals surface area contributed by atoms with Crippen LogP contribution >= 0.6 is 22.7 Å². The van der Waals surface area contributed by atoms with Crippen LogP contribution in [0.25, 0.3) is 16.8 Å². The van der Waals surface area contributed by atoms with E-state index in [1.165, 1.54) is 35.7 Å². The van der Waals surface area contributed by atoms with Crippen LogP contribution in [0.5, 0.6) is 0 Å². The van der Waals surface area contributed by atoms with Gasteiger partial charge in [-0.1, -0.05) is 24.8 Å². The van der Waals surface area contributed by atoms with E-state index in [4.69, 9.17) is 9.47 Å². The van der Waals surface area contributed by atoms with Crippen molar-refractivity contribution < 1.29 is 24.0 Å². The van der Waals surface area contributed by atoms with Gasteiger partial charge in [-0.2, -0.15) is 5.26 Å². The number of thiophene rings is 1. The molecule has 1 aromatic carbocycles. The molecule has 2 aromatic heterocycles. The molecular weight excluding hydrogens is 504 g/mol. The van der Waals surface area contributed by atoms with E-state index in [0.29, 0.717) is 26.8 Å². The fourth-order valence-electron chi connectivity index (χ4n) is 3.05. The van der Waals surface area contributed by atoms with Crippen LogP contribution < -0.4 is 5.32 Å². The van der Waals surface area contributed by atoms with Gasteiger partial charge in [0.2, 0.25) is 0 Å². The number of nitrogens with one attached hydrogen (secondary N) is 1. The molecule has 3 aromatic rings. The SMILES string of the molecule is C=CCOC(=O)c1sc(N/C=C(/C#N)c2nc(-c3cccc([N+](=O)[O-])c3)cs2)c(C(=O)OCC)c1C. The van der Waals surface area contributed by atoms with E-state index in [0.717, 1.165) is 11.3 Å². The van der Waals surface area contributed by atoms with Gasteiger partial charge in [-0.3, -0.25) is 10.1 Å². The first-order valence-corrected chi connectivity index (χ1v) is 12.2. The number of esters is 2. The van der Waals surface area contributed by atoms with Crippen LogP contribution in [0.2, 0.25) is 0 Å². The Kier molecular flexibility index (Phi) is 8.66. The molecule has 0 aliphatic heterocycles. The lowest BCUT2D eigenvalue weighted by atomic mass is 10.1. The molecule has 0 atom stereocenters. The second kappa shape index (κ2) is 11.9. The number of hydrogen-bond acceptors (Lipinski definition) is 11. The van der Waals surface area contributed by atoms with Crippen LogP contribution in [-0.2, 0) is 9.47 Å². The molecule has 0 fully saturated rings. The predicted molar refractivity (Wildman–Crippen MR) is 137 cm³/mol. The third-order valence-electron chi connectivity index (χ3n) is 4.70. The van der Waals surface area contributed by atoms with Crippen molar-refractivity contribution in [3.63, 3.8) is 0 Å². The van der Waals surface area contributed by atoms with Crippen LogP contribution in [0.3, 0.4) is 0 Å². The standard InChI is InChI=1S/C24H20N4O6S2/c1-4-9-34-24(30)20-14(3)19(23(29)33-5-2)22(36-20)26-12-16(11-25)21-27-18(13-35-21)15-7-6-8-17(10-15)28(31)32/h4,6-8,10,12-13,26H,1,5,9H2,2-3H3/b16-12-. The van der Waals surface area contributed by atoms with E-state index >= 15 is 0 Å². The average Bonchev–Trinajstić information content (AvgIpc) is 3.48. The van der Waals surface area contributed by atoms with Crippen LogP contribution in [0.4, 0.5) is 10.7 Å². The van der Waals surface area contributed by atoms with E-state index < -0.39 is 16.9 Å². The highest BCUT2D eigenvalue weighted by Crippen LogP contribution is 2.35. The van der Waals surface area contributed by atoms with Crippen LogP contribution in [0, 0.1) is 28.4 Å². The van der Waals surface area contributed by atoms with E-state index in [1.807, 2.05) is 0 Å². The number of non-ortho nitro benzene ring substituents is 1. The van der Waals surface area contributed by atoms with Gasteiger partial charge in [0.15, 0.2) is 0 Å². The second-order valence-corrected chi connectivity index (χ2v) is 8.91. The Morgan fingerprint density at radius 3 is 2.78 bits per heavy atom. The summed E-state index contributed by atoms with van der Waals surface area (Å²) in [5.41, 5.74) is 1.67. The molecule has 0 spiro atoms. The maximum Gasteiger partial charge on any atom is 0.348 e. The van der Waals surface area contributed by atoms with Crippen molar-refractivity contribution in [2.75, 3.05) is 18.5 Å². The fourth-order valence-corrected chi connectivity index (χ4v) is 4.90. The number of rotatable bonds is 10. The normalized spacial score (nSPS) is 10.9. The molecule has 10 nitrogen and oxygen atoms in total. The molecule has 184 valence electrons. The zero-order chi connectivity index (χ0) is 26.2. The van der Waals surface area contributed by atoms with Crippen LogP contribution in [0.15, 0.2) is 48.5 Å². The zero-order valence-electron chi connectivity index (χ0n) is 19.3. The maximum atomic E-state index is 12.6. The summed E-state index contributed by atoms with van der Waals surface area (Å²) in [6.07, 6.45) is 2.81. The largest absolute Gasteiger partial charge is 0.462 e. The van der Waals surface area contributed by atoms with Crippen molar-refractivity contribution in [1.82, 2.24) is 4.98 Å². The lowest BCUT2D eigenvalue weighted by Crippen LogP contribution is -2.09. The first kappa shape index (κ1) is 26.3. The van der Waals surface area contributed by atoms with Crippen molar-refractivity contribution in [3.8, 4) is 17.3 Å².